The zero-order valence-corrected chi connectivity index (χ0v) is 11.0. The Morgan fingerprint density at radius 2 is 1.95 bits per heavy atom. The number of nitrogens with one attached hydrogen (secondary N) is 2. The lowest BCUT2D eigenvalue weighted by molar-refractivity contribution is -0.384. The largest absolute Gasteiger partial charge is 0.364 e. The number of benzene rings is 1. The Bertz CT molecular complexity index is 633. The molecule has 0 fully saturated rings. The maximum absolute atomic E-state index is 12.8. The van der Waals surface area contributed by atoms with E-state index in [0.717, 1.165) is 5.56 Å². The summed E-state index contributed by atoms with van der Waals surface area (Å²) < 4.78 is 12.8. The quantitative estimate of drug-likeness (QED) is 0.427. The standard InChI is InChI=1S/C13H14FN5O2/c14-10-3-1-9(2-4-10)7-8-16-13-11(19(20)21)5-6-12(17-13)18-15/h1-6H,7-8,15H2,(H2,16,17,18). The lowest BCUT2D eigenvalue weighted by Gasteiger charge is -2.08. The van der Waals surface area contributed by atoms with E-state index >= 15 is 0 Å². The molecule has 21 heavy (non-hydrogen) atoms. The van der Waals surface area contributed by atoms with Crippen molar-refractivity contribution in [2.24, 2.45) is 5.84 Å². The Morgan fingerprint density at radius 1 is 1.24 bits per heavy atom. The molecule has 0 saturated carbocycles. The highest BCUT2D eigenvalue weighted by Gasteiger charge is 2.15. The van der Waals surface area contributed by atoms with Crippen LogP contribution >= 0.6 is 0 Å². The van der Waals surface area contributed by atoms with Crippen LogP contribution in [0.15, 0.2) is 36.4 Å². The second-order valence-electron chi connectivity index (χ2n) is 4.27. The predicted molar refractivity (Wildman–Crippen MR) is 77.3 cm³/mol. The molecule has 0 unspecified atom stereocenters. The summed E-state index contributed by atoms with van der Waals surface area (Å²) in [5, 5.41) is 13.8. The van der Waals surface area contributed by atoms with Crippen molar-refractivity contribution in [3.63, 3.8) is 0 Å². The summed E-state index contributed by atoms with van der Waals surface area (Å²) in [6.07, 6.45) is 0.583. The van der Waals surface area contributed by atoms with E-state index in [-0.39, 0.29) is 17.3 Å². The third kappa shape index (κ3) is 3.86. The summed E-state index contributed by atoms with van der Waals surface area (Å²) in [6, 6.07) is 8.81. The van der Waals surface area contributed by atoms with Gasteiger partial charge in [-0.2, -0.15) is 0 Å². The van der Waals surface area contributed by atoms with E-state index in [1.165, 1.54) is 24.3 Å². The van der Waals surface area contributed by atoms with E-state index in [1.54, 1.807) is 12.1 Å². The van der Waals surface area contributed by atoms with Gasteiger partial charge in [-0.3, -0.25) is 10.1 Å². The van der Waals surface area contributed by atoms with Gasteiger partial charge < -0.3 is 10.7 Å². The molecule has 2 rings (SSSR count). The second-order valence-corrected chi connectivity index (χ2v) is 4.27. The zero-order chi connectivity index (χ0) is 15.2. The van der Waals surface area contributed by atoms with Crippen LogP contribution in [0.5, 0.6) is 0 Å². The molecular formula is C13H14FN5O2. The predicted octanol–water partition coefficient (Wildman–Crippen LogP) is 2.07. The van der Waals surface area contributed by atoms with E-state index < -0.39 is 4.92 Å². The van der Waals surface area contributed by atoms with E-state index in [0.29, 0.717) is 18.8 Å². The zero-order valence-electron chi connectivity index (χ0n) is 11.0. The first kappa shape index (κ1) is 14.7. The molecule has 0 spiro atoms. The fourth-order valence-corrected chi connectivity index (χ4v) is 1.79. The number of anilines is 2. The average molecular weight is 291 g/mol. The van der Waals surface area contributed by atoms with Gasteiger partial charge in [-0.15, -0.1) is 0 Å². The maximum atomic E-state index is 12.8. The molecule has 2 aromatic rings. The molecule has 0 radical (unpaired) electrons. The highest BCUT2D eigenvalue weighted by atomic mass is 19.1. The molecule has 0 aliphatic heterocycles. The van der Waals surface area contributed by atoms with Gasteiger partial charge in [0.1, 0.15) is 11.6 Å². The molecule has 7 nitrogen and oxygen atoms in total. The van der Waals surface area contributed by atoms with Crippen LogP contribution in [0.3, 0.4) is 0 Å². The van der Waals surface area contributed by atoms with Crippen LogP contribution in [0.1, 0.15) is 5.56 Å². The molecule has 0 saturated heterocycles. The van der Waals surface area contributed by atoms with Gasteiger partial charge in [0.15, 0.2) is 0 Å². The fourth-order valence-electron chi connectivity index (χ4n) is 1.79. The summed E-state index contributed by atoms with van der Waals surface area (Å²) in [7, 11) is 0. The van der Waals surface area contributed by atoms with Gasteiger partial charge in [0.25, 0.3) is 0 Å². The number of nitrogens with two attached hydrogens (primary N) is 1. The molecule has 1 heterocycles. The first-order chi connectivity index (χ1) is 10.1. The SMILES string of the molecule is NNc1ccc([N+](=O)[O-])c(NCCc2ccc(F)cc2)n1. The number of aromatic nitrogens is 1. The van der Waals surface area contributed by atoms with Crippen LogP contribution in [-0.2, 0) is 6.42 Å². The van der Waals surface area contributed by atoms with Crippen molar-refractivity contribution >= 4 is 17.3 Å². The lowest BCUT2D eigenvalue weighted by Crippen LogP contribution is -2.12. The second kappa shape index (κ2) is 6.62. The topological polar surface area (TPSA) is 106 Å². The van der Waals surface area contributed by atoms with Crippen LogP contribution < -0.4 is 16.6 Å². The first-order valence-corrected chi connectivity index (χ1v) is 6.20. The Labute approximate surface area is 120 Å². The Hall–Kier alpha value is -2.74. The van der Waals surface area contributed by atoms with Gasteiger partial charge in [0.2, 0.25) is 5.82 Å². The normalized spacial score (nSPS) is 10.2. The number of nitrogen functional groups attached to an aromatic ring is 1. The van der Waals surface area contributed by atoms with Gasteiger partial charge in [0, 0.05) is 12.6 Å². The van der Waals surface area contributed by atoms with E-state index in [4.69, 9.17) is 5.84 Å². The van der Waals surface area contributed by atoms with Gasteiger partial charge in [-0.25, -0.2) is 15.2 Å². The minimum Gasteiger partial charge on any atom is -0.364 e. The van der Waals surface area contributed by atoms with Crippen molar-refractivity contribution < 1.29 is 9.31 Å². The number of halogens is 1. The van der Waals surface area contributed by atoms with Gasteiger partial charge in [-0.1, -0.05) is 12.1 Å². The molecule has 8 heteroatoms. The highest BCUT2D eigenvalue weighted by molar-refractivity contribution is 5.60. The minimum absolute atomic E-state index is 0.131. The van der Waals surface area contributed by atoms with Crippen LogP contribution in [0.25, 0.3) is 0 Å². The Morgan fingerprint density at radius 3 is 2.57 bits per heavy atom. The van der Waals surface area contributed by atoms with Crippen molar-refractivity contribution in [2.75, 3.05) is 17.3 Å². The summed E-state index contributed by atoms with van der Waals surface area (Å²) in [5.74, 6) is 5.39. The molecular weight excluding hydrogens is 277 g/mol. The molecule has 0 aliphatic rings. The van der Waals surface area contributed by atoms with Crippen molar-refractivity contribution in [1.82, 2.24) is 4.98 Å². The van der Waals surface area contributed by atoms with Crippen LogP contribution in [0.4, 0.5) is 21.7 Å². The number of nitro groups is 1. The van der Waals surface area contributed by atoms with Crippen molar-refractivity contribution in [1.29, 1.82) is 0 Å². The molecule has 4 N–H and O–H groups in total. The number of hydrazine groups is 1. The fraction of sp³-hybridized carbons (Fsp3) is 0.154. The van der Waals surface area contributed by atoms with Gasteiger partial charge in [0.05, 0.1) is 4.92 Å². The summed E-state index contributed by atoms with van der Waals surface area (Å²) in [5.41, 5.74) is 3.12. The maximum Gasteiger partial charge on any atom is 0.311 e. The number of pyridine rings is 1. The number of hydrogen-bond acceptors (Lipinski definition) is 6. The summed E-state index contributed by atoms with van der Waals surface area (Å²) in [6.45, 7) is 0.424. The minimum atomic E-state index is -0.520. The number of nitrogens with zero attached hydrogens (tertiary/aromatic N) is 2. The summed E-state index contributed by atoms with van der Waals surface area (Å²) >= 11 is 0. The number of rotatable bonds is 6. The van der Waals surface area contributed by atoms with E-state index in [2.05, 4.69) is 15.7 Å². The van der Waals surface area contributed by atoms with Crippen molar-refractivity contribution in [3.8, 4) is 0 Å². The Kier molecular flexibility index (Phi) is 4.62. The highest BCUT2D eigenvalue weighted by Crippen LogP contribution is 2.23. The first-order valence-electron chi connectivity index (χ1n) is 6.20. The monoisotopic (exact) mass is 291 g/mol. The van der Waals surface area contributed by atoms with Crippen LogP contribution in [0.2, 0.25) is 0 Å². The molecule has 0 atom stereocenters. The molecule has 1 aromatic heterocycles. The van der Waals surface area contributed by atoms with Gasteiger partial charge >= 0.3 is 5.69 Å². The number of hydrogen-bond donors (Lipinski definition) is 3. The molecule has 0 bridgehead atoms. The molecule has 0 amide bonds. The third-order valence-corrected chi connectivity index (χ3v) is 2.84. The summed E-state index contributed by atoms with van der Waals surface area (Å²) in [4.78, 5) is 14.4. The lowest BCUT2D eigenvalue weighted by atomic mass is 10.1. The van der Waals surface area contributed by atoms with Crippen molar-refractivity contribution in [2.45, 2.75) is 6.42 Å². The van der Waals surface area contributed by atoms with E-state index in [9.17, 15) is 14.5 Å². The van der Waals surface area contributed by atoms with Crippen LogP contribution in [0, 0.1) is 15.9 Å². The molecule has 110 valence electrons. The molecule has 1 aromatic carbocycles. The Balaban J connectivity index is 2.04. The van der Waals surface area contributed by atoms with Gasteiger partial charge in [-0.05, 0) is 30.2 Å². The van der Waals surface area contributed by atoms with E-state index in [1.807, 2.05) is 0 Å². The average Bonchev–Trinajstić information content (AvgIpc) is 2.49. The third-order valence-electron chi connectivity index (χ3n) is 2.84. The van der Waals surface area contributed by atoms with Crippen molar-refractivity contribution in [3.05, 3.63) is 57.9 Å². The molecule has 0 aliphatic carbocycles. The smallest absolute Gasteiger partial charge is 0.311 e. The van der Waals surface area contributed by atoms with Crippen LogP contribution in [-0.4, -0.2) is 16.5 Å².